The van der Waals surface area contributed by atoms with Crippen LogP contribution < -0.4 is 10.2 Å². The van der Waals surface area contributed by atoms with Crippen molar-refractivity contribution < 1.29 is 4.74 Å². The SMILES string of the molecule is Cc1nc(N2CCCOC(C)C2)ccc1CNCC(C)C. The molecule has 0 radical (unpaired) electrons. The van der Waals surface area contributed by atoms with Gasteiger partial charge in [0.15, 0.2) is 0 Å². The van der Waals surface area contributed by atoms with Gasteiger partial charge in [-0.3, -0.25) is 0 Å². The van der Waals surface area contributed by atoms with E-state index in [1.807, 2.05) is 0 Å². The summed E-state index contributed by atoms with van der Waals surface area (Å²) < 4.78 is 5.70. The van der Waals surface area contributed by atoms with E-state index in [0.717, 1.165) is 50.7 Å². The van der Waals surface area contributed by atoms with Crippen LogP contribution in [0.4, 0.5) is 5.82 Å². The first-order chi connectivity index (χ1) is 10.1. The third-order valence-corrected chi connectivity index (χ3v) is 3.82. The highest BCUT2D eigenvalue weighted by Gasteiger charge is 2.16. The molecule has 1 aromatic heterocycles. The smallest absolute Gasteiger partial charge is 0.128 e. The van der Waals surface area contributed by atoms with Crippen molar-refractivity contribution in [2.75, 3.05) is 31.1 Å². The first kappa shape index (κ1) is 16.2. The van der Waals surface area contributed by atoms with Gasteiger partial charge in [0.05, 0.1) is 6.10 Å². The number of pyridine rings is 1. The maximum Gasteiger partial charge on any atom is 0.128 e. The van der Waals surface area contributed by atoms with Gasteiger partial charge < -0.3 is 15.0 Å². The zero-order chi connectivity index (χ0) is 15.2. The van der Waals surface area contributed by atoms with Gasteiger partial charge in [-0.2, -0.15) is 0 Å². The molecule has 1 atom stereocenters. The molecule has 4 heteroatoms. The second-order valence-corrected chi connectivity index (χ2v) is 6.42. The molecule has 1 aliphatic rings. The second kappa shape index (κ2) is 7.76. The lowest BCUT2D eigenvalue weighted by atomic mass is 10.1. The maximum atomic E-state index is 5.70. The van der Waals surface area contributed by atoms with Gasteiger partial charge in [0.1, 0.15) is 5.82 Å². The van der Waals surface area contributed by atoms with Crippen LogP contribution in [0.1, 0.15) is 38.4 Å². The molecular weight excluding hydrogens is 262 g/mol. The molecule has 21 heavy (non-hydrogen) atoms. The van der Waals surface area contributed by atoms with Crippen molar-refractivity contribution in [1.82, 2.24) is 10.3 Å². The summed E-state index contributed by atoms with van der Waals surface area (Å²) in [6.45, 7) is 13.4. The Bertz CT molecular complexity index is 448. The third kappa shape index (κ3) is 4.97. The lowest BCUT2D eigenvalue weighted by Crippen LogP contribution is -2.31. The van der Waals surface area contributed by atoms with Crippen LogP contribution in [0.25, 0.3) is 0 Å². The van der Waals surface area contributed by atoms with Crippen LogP contribution in [0.2, 0.25) is 0 Å². The lowest BCUT2D eigenvalue weighted by Gasteiger charge is -2.24. The van der Waals surface area contributed by atoms with Crippen LogP contribution in [-0.2, 0) is 11.3 Å². The molecule has 4 nitrogen and oxygen atoms in total. The molecule has 0 aromatic carbocycles. The number of aromatic nitrogens is 1. The van der Waals surface area contributed by atoms with E-state index < -0.39 is 0 Å². The zero-order valence-electron chi connectivity index (χ0n) is 13.9. The number of aryl methyl sites for hydroxylation is 1. The Labute approximate surface area is 128 Å². The van der Waals surface area contributed by atoms with Crippen molar-refractivity contribution >= 4 is 5.82 Å². The fourth-order valence-electron chi connectivity index (χ4n) is 2.64. The fraction of sp³-hybridized carbons (Fsp3) is 0.706. The van der Waals surface area contributed by atoms with E-state index in [2.05, 4.69) is 50.0 Å². The van der Waals surface area contributed by atoms with Crippen LogP contribution >= 0.6 is 0 Å². The highest BCUT2D eigenvalue weighted by molar-refractivity contribution is 5.42. The van der Waals surface area contributed by atoms with Crippen molar-refractivity contribution in [3.05, 3.63) is 23.4 Å². The van der Waals surface area contributed by atoms with E-state index in [9.17, 15) is 0 Å². The van der Waals surface area contributed by atoms with Crippen molar-refractivity contribution in [2.45, 2.75) is 46.8 Å². The molecule has 1 saturated heterocycles. The zero-order valence-corrected chi connectivity index (χ0v) is 13.9. The Morgan fingerprint density at radius 1 is 1.43 bits per heavy atom. The minimum Gasteiger partial charge on any atom is -0.377 e. The van der Waals surface area contributed by atoms with Gasteiger partial charge in [0, 0.05) is 31.9 Å². The summed E-state index contributed by atoms with van der Waals surface area (Å²) >= 11 is 0. The predicted octanol–water partition coefficient (Wildman–Crippen LogP) is 2.75. The Morgan fingerprint density at radius 2 is 2.24 bits per heavy atom. The molecule has 0 saturated carbocycles. The highest BCUT2D eigenvalue weighted by Crippen LogP contribution is 2.18. The molecule has 0 spiro atoms. The van der Waals surface area contributed by atoms with Gasteiger partial charge >= 0.3 is 0 Å². The van der Waals surface area contributed by atoms with Crippen LogP contribution in [0.15, 0.2) is 12.1 Å². The number of nitrogens with zero attached hydrogens (tertiary/aromatic N) is 2. The van der Waals surface area contributed by atoms with E-state index in [4.69, 9.17) is 9.72 Å². The first-order valence-corrected chi connectivity index (χ1v) is 8.10. The summed E-state index contributed by atoms with van der Waals surface area (Å²) in [5, 5.41) is 3.48. The van der Waals surface area contributed by atoms with Crippen LogP contribution in [0, 0.1) is 12.8 Å². The predicted molar refractivity (Wildman–Crippen MR) is 87.8 cm³/mol. The summed E-state index contributed by atoms with van der Waals surface area (Å²) in [6.07, 6.45) is 1.35. The van der Waals surface area contributed by atoms with Crippen molar-refractivity contribution in [3.8, 4) is 0 Å². The van der Waals surface area contributed by atoms with Crippen LogP contribution in [0.3, 0.4) is 0 Å². The Kier molecular flexibility index (Phi) is 6.00. The molecule has 0 amide bonds. The standard InChI is InChI=1S/C17H29N3O/c1-13(2)10-18-11-16-6-7-17(19-15(16)4)20-8-5-9-21-14(3)12-20/h6-7,13-14,18H,5,8-12H2,1-4H3. The van der Waals surface area contributed by atoms with Crippen molar-refractivity contribution in [1.29, 1.82) is 0 Å². The van der Waals surface area contributed by atoms with E-state index in [1.165, 1.54) is 5.56 Å². The molecule has 2 rings (SSSR count). The van der Waals surface area contributed by atoms with E-state index in [0.29, 0.717) is 5.92 Å². The van der Waals surface area contributed by atoms with Gasteiger partial charge in [-0.25, -0.2) is 4.98 Å². The van der Waals surface area contributed by atoms with Gasteiger partial charge in [-0.1, -0.05) is 19.9 Å². The summed E-state index contributed by atoms with van der Waals surface area (Å²) in [4.78, 5) is 7.14. The van der Waals surface area contributed by atoms with Crippen LogP contribution in [0.5, 0.6) is 0 Å². The molecule has 1 aliphatic heterocycles. The van der Waals surface area contributed by atoms with Crippen molar-refractivity contribution in [3.63, 3.8) is 0 Å². The third-order valence-electron chi connectivity index (χ3n) is 3.82. The molecule has 0 aliphatic carbocycles. The highest BCUT2D eigenvalue weighted by atomic mass is 16.5. The normalized spacial score (nSPS) is 19.9. The average molecular weight is 291 g/mol. The number of anilines is 1. The summed E-state index contributed by atoms with van der Waals surface area (Å²) in [5.41, 5.74) is 2.42. The molecule has 118 valence electrons. The first-order valence-electron chi connectivity index (χ1n) is 8.10. The molecule has 2 heterocycles. The van der Waals surface area contributed by atoms with E-state index in [1.54, 1.807) is 0 Å². The number of nitrogens with one attached hydrogen (secondary N) is 1. The fourth-order valence-corrected chi connectivity index (χ4v) is 2.64. The average Bonchev–Trinajstić information content (AvgIpc) is 2.65. The molecule has 1 N–H and O–H groups in total. The Balaban J connectivity index is 2.00. The number of hydrogen-bond acceptors (Lipinski definition) is 4. The molecule has 1 fully saturated rings. The number of rotatable bonds is 5. The number of ether oxygens (including phenoxy) is 1. The monoisotopic (exact) mass is 291 g/mol. The Hall–Kier alpha value is -1.13. The van der Waals surface area contributed by atoms with Gasteiger partial charge in [-0.05, 0) is 44.4 Å². The topological polar surface area (TPSA) is 37.4 Å². The van der Waals surface area contributed by atoms with E-state index in [-0.39, 0.29) is 6.10 Å². The van der Waals surface area contributed by atoms with Gasteiger partial charge in [0.25, 0.3) is 0 Å². The van der Waals surface area contributed by atoms with Gasteiger partial charge in [-0.15, -0.1) is 0 Å². The van der Waals surface area contributed by atoms with Crippen molar-refractivity contribution in [2.24, 2.45) is 5.92 Å². The minimum atomic E-state index is 0.280. The molecular formula is C17H29N3O. The molecule has 0 bridgehead atoms. The quantitative estimate of drug-likeness (QED) is 0.905. The summed E-state index contributed by atoms with van der Waals surface area (Å²) in [6, 6.07) is 4.36. The summed E-state index contributed by atoms with van der Waals surface area (Å²) in [5.74, 6) is 1.76. The largest absolute Gasteiger partial charge is 0.377 e. The number of hydrogen-bond donors (Lipinski definition) is 1. The maximum absolute atomic E-state index is 5.70. The minimum absolute atomic E-state index is 0.280. The lowest BCUT2D eigenvalue weighted by molar-refractivity contribution is 0.0820. The molecule has 1 unspecified atom stereocenters. The second-order valence-electron chi connectivity index (χ2n) is 6.42. The van der Waals surface area contributed by atoms with Gasteiger partial charge in [0.2, 0.25) is 0 Å². The Morgan fingerprint density at radius 3 is 2.95 bits per heavy atom. The molecule has 1 aromatic rings. The van der Waals surface area contributed by atoms with Crippen LogP contribution in [-0.4, -0.2) is 37.3 Å². The summed E-state index contributed by atoms with van der Waals surface area (Å²) in [7, 11) is 0. The van der Waals surface area contributed by atoms with E-state index >= 15 is 0 Å².